The van der Waals surface area contributed by atoms with Crippen LogP contribution in [0.5, 0.6) is 0 Å². The molecule has 0 spiro atoms. The average Bonchev–Trinajstić information content (AvgIpc) is 2.92. The number of hydrogen-bond acceptors (Lipinski definition) is 5. The Morgan fingerprint density at radius 1 is 1.11 bits per heavy atom. The first kappa shape index (κ1) is 18.7. The van der Waals surface area contributed by atoms with Crippen molar-refractivity contribution in [2.45, 2.75) is 71.8 Å². The summed E-state index contributed by atoms with van der Waals surface area (Å²) in [6.45, 7) is 6.42. The van der Waals surface area contributed by atoms with Crippen LogP contribution in [0.3, 0.4) is 0 Å². The van der Waals surface area contributed by atoms with Crippen molar-refractivity contribution in [3.8, 4) is 0 Å². The van der Waals surface area contributed by atoms with E-state index < -0.39 is 6.16 Å². The molecular formula is C22H30O5. The van der Waals surface area contributed by atoms with E-state index in [9.17, 15) is 14.4 Å². The zero-order valence-corrected chi connectivity index (χ0v) is 16.6. The van der Waals surface area contributed by atoms with Gasteiger partial charge in [0, 0.05) is 24.2 Å². The smallest absolute Gasteiger partial charge is 0.435 e. The summed E-state index contributed by atoms with van der Waals surface area (Å²) in [6.07, 6.45) is 6.64. The van der Waals surface area contributed by atoms with Crippen LogP contribution in [-0.4, -0.2) is 30.4 Å². The fraction of sp³-hybridized carbons (Fsp3) is 0.773. The molecule has 0 aliphatic heterocycles. The zero-order valence-electron chi connectivity index (χ0n) is 16.6. The van der Waals surface area contributed by atoms with Crippen molar-refractivity contribution in [1.29, 1.82) is 0 Å². The van der Waals surface area contributed by atoms with Crippen molar-refractivity contribution in [1.82, 2.24) is 0 Å². The maximum Gasteiger partial charge on any atom is 0.508 e. The highest BCUT2D eigenvalue weighted by atomic mass is 16.7. The van der Waals surface area contributed by atoms with Crippen molar-refractivity contribution in [3.63, 3.8) is 0 Å². The maximum atomic E-state index is 13.1. The molecule has 0 aromatic rings. The van der Waals surface area contributed by atoms with Gasteiger partial charge in [0.05, 0.1) is 6.61 Å². The maximum absolute atomic E-state index is 13.1. The molecule has 27 heavy (non-hydrogen) atoms. The molecule has 0 radical (unpaired) electrons. The standard InChI is InChI=1S/C22H30O5/c1-4-26-20(25)27-14-7-9-21(2)13(11-14)12-17(23)19-15-5-6-18(24)22(15,3)10-8-16(19)21/h12,14-16,19H,4-11H2,1-3H3/t14-,15?,16?,19?,21-,22-/m0/s1. The van der Waals surface area contributed by atoms with E-state index in [0.29, 0.717) is 31.1 Å². The molecule has 3 unspecified atom stereocenters. The van der Waals surface area contributed by atoms with E-state index in [1.165, 1.54) is 0 Å². The lowest BCUT2D eigenvalue weighted by atomic mass is 9.48. The van der Waals surface area contributed by atoms with Crippen molar-refractivity contribution >= 4 is 17.7 Å². The third-order valence-electron chi connectivity index (χ3n) is 8.13. The first-order valence-electron chi connectivity index (χ1n) is 10.4. The van der Waals surface area contributed by atoms with Crippen LogP contribution >= 0.6 is 0 Å². The number of rotatable bonds is 2. The molecule has 0 N–H and O–H groups in total. The largest absolute Gasteiger partial charge is 0.508 e. The second kappa shape index (κ2) is 6.46. The number of carbonyl (C=O) groups is 3. The van der Waals surface area contributed by atoms with Gasteiger partial charge in [-0.25, -0.2) is 4.79 Å². The lowest BCUT2D eigenvalue weighted by molar-refractivity contribution is -0.139. The summed E-state index contributed by atoms with van der Waals surface area (Å²) in [5, 5.41) is 0. The van der Waals surface area contributed by atoms with Crippen LogP contribution in [-0.2, 0) is 19.1 Å². The van der Waals surface area contributed by atoms with Gasteiger partial charge in [0.1, 0.15) is 11.9 Å². The van der Waals surface area contributed by atoms with Gasteiger partial charge in [0.2, 0.25) is 0 Å². The molecule has 3 fully saturated rings. The lowest BCUT2D eigenvalue weighted by Crippen LogP contribution is -2.53. The van der Waals surface area contributed by atoms with E-state index >= 15 is 0 Å². The zero-order chi connectivity index (χ0) is 19.4. The van der Waals surface area contributed by atoms with Crippen molar-refractivity contribution < 1.29 is 23.9 Å². The van der Waals surface area contributed by atoms with Gasteiger partial charge in [-0.15, -0.1) is 0 Å². The normalized spacial score (nSPS) is 43.3. The minimum absolute atomic E-state index is 0.0218. The van der Waals surface area contributed by atoms with Gasteiger partial charge < -0.3 is 9.47 Å². The predicted molar refractivity (Wildman–Crippen MR) is 99.0 cm³/mol. The van der Waals surface area contributed by atoms with Crippen LogP contribution in [0.15, 0.2) is 11.6 Å². The fourth-order valence-electron chi connectivity index (χ4n) is 6.53. The van der Waals surface area contributed by atoms with E-state index in [0.717, 1.165) is 37.7 Å². The van der Waals surface area contributed by atoms with Gasteiger partial charge >= 0.3 is 6.16 Å². The Labute approximate surface area is 160 Å². The van der Waals surface area contributed by atoms with Crippen molar-refractivity contribution in [2.75, 3.05) is 6.61 Å². The van der Waals surface area contributed by atoms with Gasteiger partial charge in [-0.2, -0.15) is 0 Å². The van der Waals surface area contributed by atoms with Gasteiger partial charge in [-0.3, -0.25) is 9.59 Å². The number of ketones is 2. The van der Waals surface area contributed by atoms with Crippen LogP contribution in [0.25, 0.3) is 0 Å². The SMILES string of the molecule is CCOC(=O)O[C@H]1CC[C@@]2(C)C(=CC(=O)C3C2CC[C@]2(C)C(=O)CCC32)C1. The Morgan fingerprint density at radius 3 is 2.56 bits per heavy atom. The van der Waals surface area contributed by atoms with Gasteiger partial charge in [-0.1, -0.05) is 19.4 Å². The minimum atomic E-state index is -0.621. The number of allylic oxidation sites excluding steroid dienone is 1. The predicted octanol–water partition coefficient (Wildman–Crippen LogP) is 4.24. The Hall–Kier alpha value is -1.65. The highest BCUT2D eigenvalue weighted by Gasteiger charge is 2.61. The van der Waals surface area contributed by atoms with Crippen LogP contribution in [0.4, 0.5) is 4.79 Å². The van der Waals surface area contributed by atoms with E-state index in [1.807, 2.05) is 6.08 Å². The quantitative estimate of drug-likeness (QED) is 0.676. The number of Topliss-reactive ketones (excluding diaryl/α,β-unsaturated/α-hetero) is 1. The third kappa shape index (κ3) is 2.76. The molecule has 0 aromatic heterocycles. The molecule has 148 valence electrons. The monoisotopic (exact) mass is 374 g/mol. The highest BCUT2D eigenvalue weighted by Crippen LogP contribution is 2.63. The minimum Gasteiger partial charge on any atom is -0.435 e. The first-order valence-corrected chi connectivity index (χ1v) is 10.4. The van der Waals surface area contributed by atoms with E-state index in [1.54, 1.807) is 6.92 Å². The van der Waals surface area contributed by atoms with Gasteiger partial charge in [0.25, 0.3) is 0 Å². The fourth-order valence-corrected chi connectivity index (χ4v) is 6.53. The number of hydrogen-bond donors (Lipinski definition) is 0. The molecule has 4 rings (SSSR count). The summed E-state index contributed by atoms with van der Waals surface area (Å²) in [6, 6.07) is 0. The summed E-state index contributed by atoms with van der Waals surface area (Å²) in [5.74, 6) is 1.02. The molecule has 5 nitrogen and oxygen atoms in total. The van der Waals surface area contributed by atoms with E-state index in [2.05, 4.69) is 13.8 Å². The molecule has 0 aromatic carbocycles. The number of ether oxygens (including phenoxy) is 2. The first-order chi connectivity index (χ1) is 12.8. The van der Waals surface area contributed by atoms with Gasteiger partial charge in [-0.05, 0) is 62.4 Å². The Bertz CT molecular complexity index is 709. The molecule has 5 heteroatoms. The van der Waals surface area contributed by atoms with E-state index in [4.69, 9.17) is 9.47 Å². The molecule has 0 saturated heterocycles. The topological polar surface area (TPSA) is 69.7 Å². The summed E-state index contributed by atoms with van der Waals surface area (Å²) in [4.78, 5) is 37.3. The molecule has 3 saturated carbocycles. The van der Waals surface area contributed by atoms with Crippen molar-refractivity contribution in [3.05, 3.63) is 11.6 Å². The summed E-state index contributed by atoms with van der Waals surface area (Å²) >= 11 is 0. The van der Waals surface area contributed by atoms with E-state index in [-0.39, 0.29) is 34.6 Å². The average molecular weight is 374 g/mol. The Morgan fingerprint density at radius 2 is 1.81 bits per heavy atom. The van der Waals surface area contributed by atoms with Crippen LogP contribution in [0.2, 0.25) is 0 Å². The van der Waals surface area contributed by atoms with Crippen LogP contribution in [0.1, 0.15) is 65.7 Å². The molecule has 0 amide bonds. The Balaban J connectivity index is 1.59. The molecule has 6 atom stereocenters. The highest BCUT2D eigenvalue weighted by molar-refractivity contribution is 5.96. The number of carbonyl (C=O) groups excluding carboxylic acids is 3. The Kier molecular flexibility index (Phi) is 4.47. The lowest BCUT2D eigenvalue weighted by Gasteiger charge is -2.55. The van der Waals surface area contributed by atoms with Gasteiger partial charge in [0.15, 0.2) is 5.78 Å². The number of fused-ring (bicyclic) bond motifs is 5. The molecule has 4 aliphatic carbocycles. The van der Waals surface area contributed by atoms with Crippen LogP contribution in [0, 0.1) is 28.6 Å². The van der Waals surface area contributed by atoms with Crippen molar-refractivity contribution in [2.24, 2.45) is 28.6 Å². The van der Waals surface area contributed by atoms with Crippen LogP contribution < -0.4 is 0 Å². The molecule has 4 aliphatic rings. The summed E-state index contributed by atoms with van der Waals surface area (Å²) < 4.78 is 10.3. The molecule has 0 bridgehead atoms. The second-order valence-corrected chi connectivity index (χ2v) is 9.31. The molecular weight excluding hydrogens is 344 g/mol. The second-order valence-electron chi connectivity index (χ2n) is 9.31. The summed E-state index contributed by atoms with van der Waals surface area (Å²) in [5.41, 5.74) is 0.797. The third-order valence-corrected chi connectivity index (χ3v) is 8.13. The molecule has 0 heterocycles. The summed E-state index contributed by atoms with van der Waals surface area (Å²) in [7, 11) is 0.